The number of para-hydroxylation sites is 1. The Bertz CT molecular complexity index is 666. The molecule has 2 aromatic rings. The van der Waals surface area contributed by atoms with E-state index in [-0.39, 0.29) is 18.4 Å². The molecule has 1 fully saturated rings. The SMILES string of the molecule is Cl.c1ccc(N2N=C(CCN3CCCCC3)CC2c2ccco2)cc1. The quantitative estimate of drug-likeness (QED) is 0.762. The molecule has 1 atom stereocenters. The molecule has 1 saturated heterocycles. The molecule has 5 heteroatoms. The summed E-state index contributed by atoms with van der Waals surface area (Å²) in [5.41, 5.74) is 2.41. The Balaban J connectivity index is 0.00000182. The normalized spacial score (nSPS) is 21.0. The molecule has 2 aliphatic heterocycles. The molecule has 2 aliphatic rings. The van der Waals surface area contributed by atoms with Crippen LogP contribution >= 0.6 is 12.4 Å². The van der Waals surface area contributed by atoms with Crippen molar-refractivity contribution in [3.63, 3.8) is 0 Å². The van der Waals surface area contributed by atoms with Gasteiger partial charge in [0.25, 0.3) is 0 Å². The van der Waals surface area contributed by atoms with Crippen LogP contribution in [0, 0.1) is 0 Å². The highest BCUT2D eigenvalue weighted by Gasteiger charge is 2.31. The van der Waals surface area contributed by atoms with E-state index in [9.17, 15) is 0 Å². The van der Waals surface area contributed by atoms with Crippen molar-refractivity contribution in [2.45, 2.75) is 38.1 Å². The first kappa shape index (κ1) is 18.0. The number of halogens is 1. The lowest BCUT2D eigenvalue weighted by molar-refractivity contribution is 0.234. The largest absolute Gasteiger partial charge is 0.467 e. The summed E-state index contributed by atoms with van der Waals surface area (Å²) in [5.74, 6) is 0.996. The zero-order chi connectivity index (χ0) is 16.2. The van der Waals surface area contributed by atoms with Crippen LogP contribution in [0.15, 0.2) is 58.2 Å². The van der Waals surface area contributed by atoms with Crippen LogP contribution < -0.4 is 5.01 Å². The summed E-state index contributed by atoms with van der Waals surface area (Å²) in [6.07, 6.45) is 7.84. The number of benzene rings is 1. The second-order valence-electron chi connectivity index (χ2n) is 6.73. The van der Waals surface area contributed by atoms with Gasteiger partial charge in [0.05, 0.1) is 12.0 Å². The van der Waals surface area contributed by atoms with Crippen molar-refractivity contribution in [2.75, 3.05) is 24.6 Å². The van der Waals surface area contributed by atoms with Gasteiger partial charge in [-0.15, -0.1) is 12.4 Å². The maximum Gasteiger partial charge on any atom is 0.128 e. The van der Waals surface area contributed by atoms with Gasteiger partial charge in [0.15, 0.2) is 0 Å². The highest BCUT2D eigenvalue weighted by atomic mass is 35.5. The van der Waals surface area contributed by atoms with Crippen molar-refractivity contribution in [3.05, 3.63) is 54.5 Å². The molecule has 1 unspecified atom stereocenters. The maximum absolute atomic E-state index is 5.69. The molecule has 25 heavy (non-hydrogen) atoms. The molecule has 0 aliphatic carbocycles. The van der Waals surface area contributed by atoms with Crippen LogP contribution in [-0.2, 0) is 0 Å². The summed E-state index contributed by atoms with van der Waals surface area (Å²) < 4.78 is 5.69. The van der Waals surface area contributed by atoms with Crippen molar-refractivity contribution in [1.29, 1.82) is 0 Å². The standard InChI is InChI=1S/C20H25N3O.ClH/c1-3-8-18(9-4-1)23-19(20-10-7-15-24-20)16-17(21-23)11-14-22-12-5-2-6-13-22;/h1,3-4,7-10,15,19H,2,5-6,11-14,16H2;1H. The second-order valence-corrected chi connectivity index (χ2v) is 6.73. The van der Waals surface area contributed by atoms with E-state index in [4.69, 9.17) is 9.52 Å². The second kappa shape index (κ2) is 8.54. The molecule has 0 N–H and O–H groups in total. The molecule has 0 amide bonds. The number of hydrogen-bond acceptors (Lipinski definition) is 4. The van der Waals surface area contributed by atoms with E-state index in [2.05, 4.69) is 40.2 Å². The number of hydrogen-bond donors (Lipinski definition) is 0. The highest BCUT2D eigenvalue weighted by Crippen LogP contribution is 2.35. The van der Waals surface area contributed by atoms with Gasteiger partial charge in [-0.05, 0) is 50.2 Å². The van der Waals surface area contributed by atoms with E-state index in [1.165, 1.54) is 38.1 Å². The van der Waals surface area contributed by atoms with Crippen molar-refractivity contribution in [3.8, 4) is 0 Å². The Hall–Kier alpha value is -1.78. The van der Waals surface area contributed by atoms with Gasteiger partial charge in [0.1, 0.15) is 11.8 Å². The Kier molecular flexibility index (Phi) is 6.16. The third kappa shape index (κ3) is 4.25. The topological polar surface area (TPSA) is 32.0 Å². The van der Waals surface area contributed by atoms with Gasteiger partial charge in [0.2, 0.25) is 0 Å². The smallest absolute Gasteiger partial charge is 0.128 e. The first-order valence-corrected chi connectivity index (χ1v) is 9.06. The summed E-state index contributed by atoms with van der Waals surface area (Å²) in [4.78, 5) is 2.58. The molecule has 0 radical (unpaired) electrons. The Labute approximate surface area is 155 Å². The number of anilines is 1. The third-order valence-corrected chi connectivity index (χ3v) is 5.03. The molecule has 4 nitrogen and oxygen atoms in total. The molecule has 134 valence electrons. The highest BCUT2D eigenvalue weighted by molar-refractivity contribution is 5.89. The molecular weight excluding hydrogens is 334 g/mol. The number of rotatable bonds is 5. The van der Waals surface area contributed by atoms with Crippen LogP contribution in [-0.4, -0.2) is 30.2 Å². The fraction of sp³-hybridized carbons (Fsp3) is 0.450. The number of likely N-dealkylation sites (tertiary alicyclic amines) is 1. The lowest BCUT2D eigenvalue weighted by Crippen LogP contribution is -2.31. The summed E-state index contributed by atoms with van der Waals surface area (Å²) in [7, 11) is 0. The van der Waals surface area contributed by atoms with E-state index < -0.39 is 0 Å². The zero-order valence-electron chi connectivity index (χ0n) is 14.5. The van der Waals surface area contributed by atoms with Gasteiger partial charge < -0.3 is 9.32 Å². The van der Waals surface area contributed by atoms with Gasteiger partial charge in [-0.3, -0.25) is 5.01 Å². The van der Waals surface area contributed by atoms with Crippen LogP contribution in [0.5, 0.6) is 0 Å². The first-order chi connectivity index (χ1) is 11.9. The minimum Gasteiger partial charge on any atom is -0.467 e. The summed E-state index contributed by atoms with van der Waals surface area (Å²) in [6, 6.07) is 14.6. The van der Waals surface area contributed by atoms with Crippen LogP contribution in [0.4, 0.5) is 5.69 Å². The third-order valence-electron chi connectivity index (χ3n) is 5.03. The van der Waals surface area contributed by atoms with E-state index in [0.29, 0.717) is 0 Å². The molecule has 4 rings (SSSR count). The minimum absolute atomic E-state index is 0. The molecular formula is C20H26ClN3O. The average molecular weight is 360 g/mol. The predicted molar refractivity (Wildman–Crippen MR) is 105 cm³/mol. The Morgan fingerprint density at radius 2 is 1.80 bits per heavy atom. The summed E-state index contributed by atoms with van der Waals surface area (Å²) in [6.45, 7) is 3.63. The fourth-order valence-corrected chi connectivity index (χ4v) is 3.72. The number of furan rings is 1. The minimum atomic E-state index is 0. The van der Waals surface area contributed by atoms with Gasteiger partial charge in [-0.25, -0.2) is 0 Å². The Morgan fingerprint density at radius 1 is 1.00 bits per heavy atom. The summed E-state index contributed by atoms with van der Waals surface area (Å²) >= 11 is 0. The monoisotopic (exact) mass is 359 g/mol. The van der Waals surface area contributed by atoms with Crippen molar-refractivity contribution in [1.82, 2.24) is 4.90 Å². The molecule has 3 heterocycles. The average Bonchev–Trinajstić information content (AvgIpc) is 3.31. The fourth-order valence-electron chi connectivity index (χ4n) is 3.72. The van der Waals surface area contributed by atoms with Crippen LogP contribution in [0.3, 0.4) is 0 Å². The molecule has 0 bridgehead atoms. The van der Waals surface area contributed by atoms with E-state index in [1.54, 1.807) is 6.26 Å². The lowest BCUT2D eigenvalue weighted by atomic mass is 10.1. The summed E-state index contributed by atoms with van der Waals surface area (Å²) in [5, 5.41) is 7.07. The van der Waals surface area contributed by atoms with E-state index >= 15 is 0 Å². The maximum atomic E-state index is 5.69. The van der Waals surface area contributed by atoms with Gasteiger partial charge in [0, 0.05) is 25.1 Å². The van der Waals surface area contributed by atoms with Crippen LogP contribution in [0.2, 0.25) is 0 Å². The zero-order valence-corrected chi connectivity index (χ0v) is 15.3. The van der Waals surface area contributed by atoms with Crippen LogP contribution in [0.25, 0.3) is 0 Å². The van der Waals surface area contributed by atoms with Crippen molar-refractivity contribution in [2.24, 2.45) is 5.10 Å². The molecule has 0 saturated carbocycles. The van der Waals surface area contributed by atoms with Gasteiger partial charge in [-0.1, -0.05) is 24.6 Å². The van der Waals surface area contributed by atoms with E-state index in [0.717, 1.165) is 30.8 Å². The van der Waals surface area contributed by atoms with Crippen molar-refractivity contribution >= 4 is 23.8 Å². The van der Waals surface area contributed by atoms with Crippen LogP contribution in [0.1, 0.15) is 43.9 Å². The lowest BCUT2D eigenvalue weighted by Gasteiger charge is -2.26. The first-order valence-electron chi connectivity index (χ1n) is 9.06. The predicted octanol–water partition coefficient (Wildman–Crippen LogP) is 4.88. The van der Waals surface area contributed by atoms with Gasteiger partial charge in [-0.2, -0.15) is 5.10 Å². The number of nitrogens with zero attached hydrogens (tertiary/aromatic N) is 3. The number of hydrazone groups is 1. The molecule has 1 aromatic carbocycles. The van der Waals surface area contributed by atoms with E-state index in [1.807, 2.05) is 12.1 Å². The molecule has 0 spiro atoms. The molecule has 1 aromatic heterocycles. The van der Waals surface area contributed by atoms with Crippen molar-refractivity contribution < 1.29 is 4.42 Å². The van der Waals surface area contributed by atoms with Gasteiger partial charge >= 0.3 is 0 Å². The number of piperidine rings is 1. The Morgan fingerprint density at radius 3 is 2.52 bits per heavy atom.